The lowest BCUT2D eigenvalue weighted by molar-refractivity contribution is 0.404. The molecule has 0 atom stereocenters. The number of para-hydroxylation sites is 1. The number of hydrogen-bond donors (Lipinski definition) is 0. The van der Waals surface area contributed by atoms with E-state index in [-0.39, 0.29) is 5.56 Å². The van der Waals surface area contributed by atoms with Crippen LogP contribution >= 0.6 is 0 Å². The smallest absolute Gasteiger partial charge is 0.272 e. The van der Waals surface area contributed by atoms with E-state index in [0.717, 1.165) is 16.7 Å². The molecule has 0 radical (unpaired) electrons. The highest BCUT2D eigenvalue weighted by molar-refractivity contribution is 5.84. The van der Waals surface area contributed by atoms with Gasteiger partial charge in [0.1, 0.15) is 11.5 Å². The van der Waals surface area contributed by atoms with Gasteiger partial charge in [-0.2, -0.15) is 9.78 Å². The van der Waals surface area contributed by atoms with Crippen molar-refractivity contribution < 1.29 is 9.47 Å². The molecule has 0 saturated heterocycles. The molecule has 3 aromatic carbocycles. The van der Waals surface area contributed by atoms with Crippen LogP contribution in [-0.4, -0.2) is 24.0 Å². The fraction of sp³-hybridized carbons (Fsp3) is 0.120. The molecule has 0 bridgehead atoms. The van der Waals surface area contributed by atoms with Gasteiger partial charge in [-0.3, -0.25) is 4.79 Å². The Balaban J connectivity index is 2.02. The summed E-state index contributed by atoms with van der Waals surface area (Å²) in [6.07, 6.45) is 0. The summed E-state index contributed by atoms with van der Waals surface area (Å²) in [5.74, 6) is 1.32. The van der Waals surface area contributed by atoms with E-state index in [9.17, 15) is 4.79 Å². The van der Waals surface area contributed by atoms with E-state index >= 15 is 0 Å². The third kappa shape index (κ3) is 3.70. The first-order valence-electron chi connectivity index (χ1n) is 9.60. The van der Waals surface area contributed by atoms with Crippen LogP contribution in [0.3, 0.4) is 0 Å². The summed E-state index contributed by atoms with van der Waals surface area (Å²) < 4.78 is 12.4. The molecule has 0 unspecified atom stereocenters. The summed E-state index contributed by atoms with van der Waals surface area (Å²) in [6, 6.07) is 24.6. The molecule has 1 aromatic heterocycles. The molecule has 5 nitrogen and oxygen atoms in total. The van der Waals surface area contributed by atoms with Crippen LogP contribution in [0.5, 0.6) is 11.5 Å². The van der Waals surface area contributed by atoms with E-state index < -0.39 is 0 Å². The molecule has 0 amide bonds. The SMILES string of the molecule is COc1ccc(OC)c(-c2cc(=O)n(-c3ccccc3)nc2-c2ccc(C)cc2)c1. The quantitative estimate of drug-likeness (QED) is 0.480. The molecule has 0 spiro atoms. The van der Waals surface area contributed by atoms with Gasteiger partial charge in [0, 0.05) is 22.8 Å². The Morgan fingerprint density at radius 1 is 0.800 bits per heavy atom. The van der Waals surface area contributed by atoms with Crippen LogP contribution in [0.4, 0.5) is 0 Å². The Kier molecular flexibility index (Phi) is 5.35. The molecular formula is C25H22N2O3. The highest BCUT2D eigenvalue weighted by Crippen LogP contribution is 2.37. The number of benzene rings is 3. The van der Waals surface area contributed by atoms with Gasteiger partial charge in [-0.15, -0.1) is 0 Å². The van der Waals surface area contributed by atoms with Crippen LogP contribution in [0.2, 0.25) is 0 Å². The number of aryl methyl sites for hydroxylation is 1. The first kappa shape index (κ1) is 19.5. The molecule has 0 aliphatic rings. The Hall–Kier alpha value is -3.86. The van der Waals surface area contributed by atoms with Crippen molar-refractivity contribution in [3.63, 3.8) is 0 Å². The van der Waals surface area contributed by atoms with Gasteiger partial charge in [-0.1, -0.05) is 48.0 Å². The monoisotopic (exact) mass is 398 g/mol. The number of methoxy groups -OCH3 is 2. The Labute approximate surface area is 175 Å². The van der Waals surface area contributed by atoms with Gasteiger partial charge in [-0.25, -0.2) is 0 Å². The fourth-order valence-electron chi connectivity index (χ4n) is 3.36. The molecule has 5 heteroatoms. The normalized spacial score (nSPS) is 10.6. The molecule has 1 heterocycles. The molecule has 150 valence electrons. The van der Waals surface area contributed by atoms with Crippen LogP contribution in [-0.2, 0) is 0 Å². The van der Waals surface area contributed by atoms with Crippen molar-refractivity contribution in [2.45, 2.75) is 6.92 Å². The maximum Gasteiger partial charge on any atom is 0.272 e. The van der Waals surface area contributed by atoms with E-state index in [4.69, 9.17) is 14.6 Å². The van der Waals surface area contributed by atoms with Crippen molar-refractivity contribution in [1.82, 2.24) is 9.78 Å². The zero-order chi connectivity index (χ0) is 21.1. The zero-order valence-corrected chi connectivity index (χ0v) is 17.1. The number of ether oxygens (including phenoxy) is 2. The first-order valence-corrected chi connectivity index (χ1v) is 9.60. The van der Waals surface area contributed by atoms with Gasteiger partial charge in [0.25, 0.3) is 5.56 Å². The van der Waals surface area contributed by atoms with Gasteiger partial charge in [0.15, 0.2) is 0 Å². The summed E-state index contributed by atoms with van der Waals surface area (Å²) in [6.45, 7) is 2.04. The summed E-state index contributed by atoms with van der Waals surface area (Å²) in [5, 5.41) is 4.76. The minimum absolute atomic E-state index is 0.225. The third-order valence-corrected chi connectivity index (χ3v) is 4.95. The van der Waals surface area contributed by atoms with Gasteiger partial charge in [-0.05, 0) is 37.3 Å². The van der Waals surface area contributed by atoms with E-state index in [0.29, 0.717) is 28.4 Å². The highest BCUT2D eigenvalue weighted by atomic mass is 16.5. The summed E-state index contributed by atoms with van der Waals surface area (Å²) in [4.78, 5) is 13.0. The van der Waals surface area contributed by atoms with Crippen LogP contribution in [0.15, 0.2) is 83.7 Å². The van der Waals surface area contributed by atoms with E-state index in [1.54, 1.807) is 20.3 Å². The van der Waals surface area contributed by atoms with Crippen molar-refractivity contribution in [1.29, 1.82) is 0 Å². The predicted octanol–water partition coefficient (Wildman–Crippen LogP) is 4.89. The van der Waals surface area contributed by atoms with Crippen LogP contribution < -0.4 is 15.0 Å². The molecule has 0 fully saturated rings. The predicted molar refractivity (Wildman–Crippen MR) is 119 cm³/mol. The first-order chi connectivity index (χ1) is 14.6. The van der Waals surface area contributed by atoms with Crippen molar-refractivity contribution in [3.05, 3.63) is 94.8 Å². The van der Waals surface area contributed by atoms with Crippen molar-refractivity contribution in [3.8, 4) is 39.6 Å². The maximum absolute atomic E-state index is 13.0. The molecule has 0 saturated carbocycles. The Bertz CT molecular complexity index is 1230. The van der Waals surface area contributed by atoms with E-state index in [2.05, 4.69) is 0 Å². The molecule has 4 aromatic rings. The minimum Gasteiger partial charge on any atom is -0.497 e. The molecule has 30 heavy (non-hydrogen) atoms. The lowest BCUT2D eigenvalue weighted by Crippen LogP contribution is -2.21. The summed E-state index contributed by atoms with van der Waals surface area (Å²) >= 11 is 0. The van der Waals surface area contributed by atoms with Crippen molar-refractivity contribution in [2.75, 3.05) is 14.2 Å². The number of aromatic nitrogens is 2. The Morgan fingerprint density at radius 3 is 2.20 bits per heavy atom. The highest BCUT2D eigenvalue weighted by Gasteiger charge is 2.18. The average molecular weight is 398 g/mol. The largest absolute Gasteiger partial charge is 0.497 e. The summed E-state index contributed by atoms with van der Waals surface area (Å²) in [5.41, 5.74) is 4.66. The summed E-state index contributed by atoms with van der Waals surface area (Å²) in [7, 11) is 3.22. The fourth-order valence-corrected chi connectivity index (χ4v) is 3.36. The van der Waals surface area contributed by atoms with Crippen LogP contribution in [0, 0.1) is 6.92 Å². The lowest BCUT2D eigenvalue weighted by atomic mass is 9.98. The molecule has 4 rings (SSSR count). The van der Waals surface area contributed by atoms with E-state index in [1.807, 2.05) is 79.7 Å². The van der Waals surface area contributed by atoms with E-state index in [1.165, 1.54) is 4.68 Å². The standard InChI is InChI=1S/C25H22N2O3/c1-17-9-11-18(12-10-17)25-22(21-15-20(29-2)13-14-23(21)30-3)16-24(28)27(26-25)19-7-5-4-6-8-19/h4-16H,1-3H3. The van der Waals surface area contributed by atoms with Gasteiger partial charge < -0.3 is 9.47 Å². The maximum atomic E-state index is 13.0. The van der Waals surface area contributed by atoms with Crippen LogP contribution in [0.1, 0.15) is 5.56 Å². The second kappa shape index (κ2) is 8.25. The average Bonchev–Trinajstić information content (AvgIpc) is 2.79. The second-order valence-electron chi connectivity index (χ2n) is 6.92. The van der Waals surface area contributed by atoms with Crippen molar-refractivity contribution >= 4 is 0 Å². The minimum atomic E-state index is -0.225. The topological polar surface area (TPSA) is 53.4 Å². The third-order valence-electron chi connectivity index (χ3n) is 4.95. The Morgan fingerprint density at radius 2 is 1.53 bits per heavy atom. The number of rotatable bonds is 5. The number of hydrogen-bond acceptors (Lipinski definition) is 4. The van der Waals surface area contributed by atoms with Crippen LogP contribution in [0.25, 0.3) is 28.1 Å². The molecular weight excluding hydrogens is 376 g/mol. The second-order valence-corrected chi connectivity index (χ2v) is 6.92. The molecule has 0 aliphatic heterocycles. The van der Waals surface area contributed by atoms with Gasteiger partial charge in [0.05, 0.1) is 25.6 Å². The molecule has 0 aliphatic carbocycles. The zero-order valence-electron chi connectivity index (χ0n) is 17.1. The van der Waals surface area contributed by atoms with Gasteiger partial charge in [0.2, 0.25) is 0 Å². The van der Waals surface area contributed by atoms with Gasteiger partial charge >= 0.3 is 0 Å². The molecule has 0 N–H and O–H groups in total. The number of nitrogens with zero attached hydrogens (tertiary/aromatic N) is 2. The lowest BCUT2D eigenvalue weighted by Gasteiger charge is -2.16. The van der Waals surface area contributed by atoms with Crippen molar-refractivity contribution in [2.24, 2.45) is 0 Å².